The monoisotopic (exact) mass is 360 g/mol. The standard InChI is InChI=1S/C17H13FN2O2S2/c18-10-6-4-9(5-7-10)12(21)8-23-17-19-15(22)14-11-2-1-3-13(11)24-16(14)20-17/h4-7H,1-3,8H2,(H,19,20,22). The zero-order valence-electron chi connectivity index (χ0n) is 12.6. The molecule has 1 N–H and O–H groups in total. The van der Waals surface area contributed by atoms with E-state index in [1.165, 1.54) is 40.9 Å². The van der Waals surface area contributed by atoms with Gasteiger partial charge in [-0.15, -0.1) is 11.3 Å². The first kappa shape index (κ1) is 15.5. The topological polar surface area (TPSA) is 62.8 Å². The van der Waals surface area contributed by atoms with Crippen LogP contribution in [-0.4, -0.2) is 21.5 Å². The predicted molar refractivity (Wildman–Crippen MR) is 93.7 cm³/mol. The molecule has 122 valence electrons. The summed E-state index contributed by atoms with van der Waals surface area (Å²) in [6, 6.07) is 5.44. The predicted octanol–water partition coefficient (Wildman–Crippen LogP) is 3.59. The number of fused-ring (bicyclic) bond motifs is 3. The summed E-state index contributed by atoms with van der Waals surface area (Å²) in [4.78, 5) is 33.7. The third-order valence-corrected chi connectivity index (χ3v) is 6.12. The number of H-pyrrole nitrogens is 1. The number of rotatable bonds is 4. The number of thioether (sulfide) groups is 1. The highest BCUT2D eigenvalue weighted by atomic mass is 32.2. The van der Waals surface area contributed by atoms with Crippen LogP contribution in [0.15, 0.2) is 34.2 Å². The Morgan fingerprint density at radius 2 is 2.08 bits per heavy atom. The Balaban J connectivity index is 1.56. The van der Waals surface area contributed by atoms with Crippen LogP contribution in [0.1, 0.15) is 27.2 Å². The van der Waals surface area contributed by atoms with Gasteiger partial charge in [0.15, 0.2) is 10.9 Å². The molecular formula is C17H13FN2O2S2. The number of nitrogens with zero attached hydrogens (tertiary/aromatic N) is 1. The highest BCUT2D eigenvalue weighted by molar-refractivity contribution is 7.99. The molecule has 0 unspecified atom stereocenters. The first-order chi connectivity index (χ1) is 11.6. The lowest BCUT2D eigenvalue weighted by atomic mass is 10.1. The molecule has 0 radical (unpaired) electrons. The summed E-state index contributed by atoms with van der Waals surface area (Å²) in [6.07, 6.45) is 3.05. The van der Waals surface area contributed by atoms with Gasteiger partial charge in [0.25, 0.3) is 5.56 Å². The third kappa shape index (κ3) is 2.78. The molecule has 4 nitrogen and oxygen atoms in total. The van der Waals surface area contributed by atoms with Gasteiger partial charge in [-0.1, -0.05) is 11.8 Å². The van der Waals surface area contributed by atoms with Gasteiger partial charge in [0, 0.05) is 10.4 Å². The van der Waals surface area contributed by atoms with Crippen LogP contribution in [0.2, 0.25) is 0 Å². The van der Waals surface area contributed by atoms with Gasteiger partial charge in [0.2, 0.25) is 0 Å². The maximum Gasteiger partial charge on any atom is 0.260 e. The summed E-state index contributed by atoms with van der Waals surface area (Å²) < 4.78 is 12.9. The Kier molecular flexibility index (Phi) is 3.97. The second-order valence-corrected chi connectivity index (χ2v) is 7.67. The molecule has 0 atom stereocenters. The van der Waals surface area contributed by atoms with Gasteiger partial charge in [-0.3, -0.25) is 9.59 Å². The van der Waals surface area contributed by atoms with Crippen molar-refractivity contribution in [3.05, 3.63) is 56.4 Å². The summed E-state index contributed by atoms with van der Waals surface area (Å²) in [5.41, 5.74) is 1.46. The van der Waals surface area contributed by atoms with Crippen molar-refractivity contribution >= 4 is 39.1 Å². The zero-order valence-corrected chi connectivity index (χ0v) is 14.2. The van der Waals surface area contributed by atoms with E-state index in [4.69, 9.17) is 0 Å². The van der Waals surface area contributed by atoms with E-state index >= 15 is 0 Å². The molecule has 1 aliphatic carbocycles. The second-order valence-electron chi connectivity index (χ2n) is 5.63. The molecule has 4 rings (SSSR count). The zero-order chi connectivity index (χ0) is 16.7. The van der Waals surface area contributed by atoms with E-state index < -0.39 is 0 Å². The summed E-state index contributed by atoms with van der Waals surface area (Å²) in [5.74, 6) is -0.358. The molecular weight excluding hydrogens is 347 g/mol. The number of nitrogens with one attached hydrogen (secondary N) is 1. The van der Waals surface area contributed by atoms with Gasteiger partial charge >= 0.3 is 0 Å². The maximum absolute atomic E-state index is 12.9. The van der Waals surface area contributed by atoms with Gasteiger partial charge in [0.1, 0.15) is 10.6 Å². The lowest BCUT2D eigenvalue weighted by Crippen LogP contribution is -2.10. The number of Topliss-reactive ketones (excluding diaryl/α,β-unsaturated/α-hetero) is 1. The number of aromatic amines is 1. The van der Waals surface area contributed by atoms with E-state index in [9.17, 15) is 14.0 Å². The fourth-order valence-electron chi connectivity index (χ4n) is 2.90. The Hall–Kier alpha value is -1.99. The van der Waals surface area contributed by atoms with Crippen molar-refractivity contribution in [2.75, 3.05) is 5.75 Å². The molecule has 1 aromatic carbocycles. The van der Waals surface area contributed by atoms with Crippen LogP contribution in [0.5, 0.6) is 0 Å². The first-order valence-corrected chi connectivity index (χ1v) is 9.38. The van der Waals surface area contributed by atoms with Gasteiger partial charge < -0.3 is 4.98 Å². The summed E-state index contributed by atoms with van der Waals surface area (Å²) in [6.45, 7) is 0. The number of thiophene rings is 1. The Bertz CT molecular complexity index is 992. The number of hydrogen-bond donors (Lipinski definition) is 1. The quantitative estimate of drug-likeness (QED) is 0.439. The van der Waals surface area contributed by atoms with Crippen LogP contribution in [0.4, 0.5) is 4.39 Å². The molecule has 0 bridgehead atoms. The maximum atomic E-state index is 12.9. The van der Waals surface area contributed by atoms with E-state index in [0.717, 1.165) is 29.7 Å². The average molecular weight is 360 g/mol. The van der Waals surface area contributed by atoms with Crippen molar-refractivity contribution in [1.29, 1.82) is 0 Å². The molecule has 0 saturated carbocycles. The molecule has 0 saturated heterocycles. The fourth-order valence-corrected chi connectivity index (χ4v) is 4.98. The van der Waals surface area contributed by atoms with E-state index in [-0.39, 0.29) is 22.9 Å². The lowest BCUT2D eigenvalue weighted by Gasteiger charge is -2.02. The summed E-state index contributed by atoms with van der Waals surface area (Å²) in [7, 11) is 0. The Morgan fingerprint density at radius 1 is 1.29 bits per heavy atom. The van der Waals surface area contributed by atoms with Crippen LogP contribution in [-0.2, 0) is 12.8 Å². The fraction of sp³-hybridized carbons (Fsp3) is 0.235. The molecule has 0 fully saturated rings. The summed E-state index contributed by atoms with van der Waals surface area (Å²) in [5, 5.41) is 1.16. The van der Waals surface area contributed by atoms with Crippen LogP contribution in [0, 0.1) is 5.82 Å². The van der Waals surface area contributed by atoms with E-state index in [0.29, 0.717) is 16.1 Å². The molecule has 24 heavy (non-hydrogen) atoms. The van der Waals surface area contributed by atoms with Crippen LogP contribution in [0.3, 0.4) is 0 Å². The number of carbonyl (C=O) groups excluding carboxylic acids is 1. The smallest absolute Gasteiger partial charge is 0.260 e. The minimum Gasteiger partial charge on any atom is -0.301 e. The summed E-state index contributed by atoms with van der Waals surface area (Å²) >= 11 is 2.77. The van der Waals surface area contributed by atoms with Crippen molar-refractivity contribution in [2.24, 2.45) is 0 Å². The van der Waals surface area contributed by atoms with Gasteiger partial charge in [-0.25, -0.2) is 9.37 Å². The third-order valence-electron chi connectivity index (χ3n) is 4.06. The molecule has 0 amide bonds. The molecule has 7 heteroatoms. The number of halogens is 1. The van der Waals surface area contributed by atoms with Gasteiger partial charge in [0.05, 0.1) is 11.1 Å². The Morgan fingerprint density at radius 3 is 2.88 bits per heavy atom. The highest BCUT2D eigenvalue weighted by Crippen LogP contribution is 2.35. The highest BCUT2D eigenvalue weighted by Gasteiger charge is 2.21. The Labute approximate surface area is 145 Å². The lowest BCUT2D eigenvalue weighted by molar-refractivity contribution is 0.102. The number of aryl methyl sites for hydroxylation is 2. The van der Waals surface area contributed by atoms with Crippen LogP contribution >= 0.6 is 23.1 Å². The van der Waals surface area contributed by atoms with E-state index in [1.54, 1.807) is 11.3 Å². The van der Waals surface area contributed by atoms with Gasteiger partial charge in [-0.05, 0) is 49.1 Å². The largest absolute Gasteiger partial charge is 0.301 e. The van der Waals surface area contributed by atoms with Crippen molar-refractivity contribution in [1.82, 2.24) is 9.97 Å². The van der Waals surface area contributed by atoms with E-state index in [2.05, 4.69) is 9.97 Å². The van der Waals surface area contributed by atoms with Gasteiger partial charge in [-0.2, -0.15) is 0 Å². The van der Waals surface area contributed by atoms with Crippen molar-refractivity contribution in [2.45, 2.75) is 24.4 Å². The van der Waals surface area contributed by atoms with Crippen molar-refractivity contribution in [3.63, 3.8) is 0 Å². The average Bonchev–Trinajstić information content (AvgIpc) is 3.13. The number of benzene rings is 1. The SMILES string of the molecule is O=C(CSc1nc2sc3c(c2c(=O)[nH]1)CCC3)c1ccc(F)cc1. The molecule has 2 heterocycles. The number of ketones is 1. The molecule has 1 aliphatic rings. The van der Waals surface area contributed by atoms with Crippen molar-refractivity contribution in [3.8, 4) is 0 Å². The molecule has 3 aromatic rings. The molecule has 0 aliphatic heterocycles. The number of aromatic nitrogens is 2. The first-order valence-electron chi connectivity index (χ1n) is 7.58. The normalized spacial score (nSPS) is 13.4. The number of carbonyl (C=O) groups is 1. The minimum absolute atomic E-state index is 0.128. The van der Waals surface area contributed by atoms with E-state index in [1.807, 2.05) is 0 Å². The second kappa shape index (κ2) is 6.14. The number of hydrogen-bond acceptors (Lipinski definition) is 5. The minimum atomic E-state index is -0.374. The molecule has 0 spiro atoms. The van der Waals surface area contributed by atoms with Crippen molar-refractivity contribution < 1.29 is 9.18 Å². The van der Waals surface area contributed by atoms with Crippen LogP contribution < -0.4 is 5.56 Å². The van der Waals surface area contributed by atoms with Crippen LogP contribution in [0.25, 0.3) is 10.2 Å². The molecule has 2 aromatic heterocycles.